The standard InChI is InChI=1S/C23H35N6O4.Re/c1-8-28-19(30)17-18(26(7)22(28)32)25-20(29(17)13-11-15(2)3)27-12-9-10-16(14-27)24-21(31)33-23(4,5)6;/h11,16H,1,8-10,12-14H2,2-7H3,(H,24,31);/t16-;/m1./s1. The van der Waals surface area contributed by atoms with E-state index >= 15 is 0 Å². The van der Waals surface area contributed by atoms with Crippen molar-refractivity contribution in [2.24, 2.45) is 7.05 Å². The van der Waals surface area contributed by atoms with E-state index in [2.05, 4.69) is 10.2 Å². The van der Waals surface area contributed by atoms with Crippen LogP contribution in [0.4, 0.5) is 10.7 Å². The average molecular weight is 646 g/mol. The van der Waals surface area contributed by atoms with E-state index in [0.717, 1.165) is 29.9 Å². The molecule has 10 nitrogen and oxygen atoms in total. The fourth-order valence-electron chi connectivity index (χ4n) is 4.08. The first-order valence-corrected chi connectivity index (χ1v) is 13.5. The van der Waals surface area contributed by atoms with Crippen LogP contribution in [0, 0.1) is 0 Å². The Labute approximate surface area is 210 Å². The van der Waals surface area contributed by atoms with Crippen LogP contribution in [-0.4, -0.2) is 49.5 Å². The molecule has 1 fully saturated rings. The Bertz CT molecular complexity index is 1200. The zero-order valence-electron chi connectivity index (χ0n) is 20.9. The molecule has 0 aromatic carbocycles. The Balaban J connectivity index is 2.04. The van der Waals surface area contributed by atoms with E-state index in [0.29, 0.717) is 36.7 Å². The third kappa shape index (κ3) is 5.81. The Morgan fingerprint density at radius 3 is 2.59 bits per heavy atom. The number of fused-ring (bicyclic) bond motifs is 1. The fraction of sp³-hybridized carbons (Fsp3) is 0.652. The summed E-state index contributed by atoms with van der Waals surface area (Å²) in [7, 11) is 1.66. The molecule has 0 spiro atoms. The van der Waals surface area contributed by atoms with Crippen LogP contribution in [0.2, 0.25) is 4.89 Å². The van der Waals surface area contributed by atoms with Crippen molar-refractivity contribution in [1.29, 1.82) is 0 Å². The summed E-state index contributed by atoms with van der Waals surface area (Å²) >= 11 is 1.53. The van der Waals surface area contributed by atoms with E-state index in [1.54, 1.807) is 7.05 Å². The molecule has 0 unspecified atom stereocenters. The Kier molecular flexibility index (Phi) is 8.09. The van der Waals surface area contributed by atoms with Crippen molar-refractivity contribution >= 4 is 23.2 Å². The number of ether oxygens (including phenoxy) is 1. The van der Waals surface area contributed by atoms with Gasteiger partial charge in [-0.1, -0.05) is 0 Å². The summed E-state index contributed by atoms with van der Waals surface area (Å²) < 4.78 is 10.1. The molecule has 2 aromatic heterocycles. The van der Waals surface area contributed by atoms with Crippen molar-refractivity contribution in [3.05, 3.63) is 32.5 Å². The summed E-state index contributed by atoms with van der Waals surface area (Å²) in [6.45, 7) is 11.7. The molecule has 11 heteroatoms. The molecule has 188 valence electrons. The molecule has 0 bridgehead atoms. The Morgan fingerprint density at radius 2 is 1.97 bits per heavy atom. The Morgan fingerprint density at radius 1 is 1.26 bits per heavy atom. The van der Waals surface area contributed by atoms with Gasteiger partial charge in [0.15, 0.2) is 0 Å². The van der Waals surface area contributed by atoms with E-state index in [4.69, 9.17) is 9.72 Å². The first kappa shape index (κ1) is 26.2. The number of piperidine rings is 1. The van der Waals surface area contributed by atoms with Gasteiger partial charge in [-0.15, -0.1) is 0 Å². The van der Waals surface area contributed by atoms with Gasteiger partial charge in [-0.2, -0.15) is 0 Å². The third-order valence-electron chi connectivity index (χ3n) is 5.63. The van der Waals surface area contributed by atoms with E-state index in [9.17, 15) is 14.4 Å². The van der Waals surface area contributed by atoms with Gasteiger partial charge in [-0.25, -0.2) is 4.79 Å². The van der Waals surface area contributed by atoms with Crippen molar-refractivity contribution in [3.63, 3.8) is 0 Å². The predicted octanol–water partition coefficient (Wildman–Crippen LogP) is 2.32. The summed E-state index contributed by atoms with van der Waals surface area (Å²) in [5.41, 5.74) is 0.702. The number of anilines is 1. The zero-order chi connectivity index (χ0) is 25.2. The molecule has 0 aliphatic carbocycles. The van der Waals surface area contributed by atoms with Gasteiger partial charge < -0.3 is 4.74 Å². The number of amides is 1. The van der Waals surface area contributed by atoms with Gasteiger partial charge in [-0.3, -0.25) is 0 Å². The van der Waals surface area contributed by atoms with Gasteiger partial charge in [0.2, 0.25) is 0 Å². The van der Waals surface area contributed by atoms with Crippen LogP contribution < -0.4 is 21.5 Å². The minimum atomic E-state index is -0.569. The first-order chi connectivity index (χ1) is 15.9. The Hall–Kier alpha value is -2.38. The van der Waals surface area contributed by atoms with Crippen LogP contribution in [0.25, 0.3) is 11.2 Å². The quantitative estimate of drug-likeness (QED) is 0.484. The second-order valence-corrected chi connectivity index (χ2v) is 11.3. The number of rotatable bonds is 6. The number of hydrogen-bond acceptors (Lipinski definition) is 6. The normalized spacial score (nSPS) is 16.6. The van der Waals surface area contributed by atoms with Crippen LogP contribution >= 0.6 is 0 Å². The number of nitrogens with zero attached hydrogens (tertiary/aromatic N) is 5. The van der Waals surface area contributed by atoms with E-state index in [1.807, 2.05) is 45.3 Å². The van der Waals surface area contributed by atoms with Crippen molar-refractivity contribution in [2.75, 3.05) is 18.0 Å². The molecule has 1 N–H and O–H groups in total. The fourth-order valence-corrected chi connectivity index (χ4v) is 4.69. The summed E-state index contributed by atoms with van der Waals surface area (Å²) in [5.74, 6) is 0.633. The predicted molar refractivity (Wildman–Crippen MR) is 128 cm³/mol. The second kappa shape index (κ2) is 10.5. The molecular weight excluding hydrogens is 610 g/mol. The van der Waals surface area contributed by atoms with Crippen molar-refractivity contribution < 1.29 is 28.7 Å². The molecule has 34 heavy (non-hydrogen) atoms. The summed E-state index contributed by atoms with van der Waals surface area (Å²) in [6, 6.07) is -0.108. The molecule has 1 amide bonds. The molecule has 1 atom stereocenters. The molecule has 3 rings (SSSR count). The number of nitrogens with one attached hydrogen (secondary N) is 1. The number of allylic oxidation sites excluding steroid dienone is 2. The van der Waals surface area contributed by atoms with Crippen molar-refractivity contribution in [3.8, 4) is 0 Å². The summed E-state index contributed by atoms with van der Waals surface area (Å²) in [6.07, 6.45) is 3.28. The molecule has 0 radical (unpaired) electrons. The topological polar surface area (TPSA) is 103 Å². The SMILES string of the molecule is CC(C)=CCn1c(N2CCC[C@@H](NC(=O)OC(C)(C)C)C2)nc2c1c(=O)n(C[CH2][Re])c(=O)n2C. The van der Waals surface area contributed by atoms with Gasteiger partial charge in [-0.05, 0) is 20.8 Å². The molecule has 1 saturated heterocycles. The van der Waals surface area contributed by atoms with E-state index < -0.39 is 11.7 Å². The van der Waals surface area contributed by atoms with Gasteiger partial charge in [0, 0.05) is 0 Å². The van der Waals surface area contributed by atoms with Gasteiger partial charge in [0.25, 0.3) is 0 Å². The van der Waals surface area contributed by atoms with Gasteiger partial charge in [0.05, 0.1) is 0 Å². The molecular formula is C23H35N6O4Re. The summed E-state index contributed by atoms with van der Waals surface area (Å²) in [5, 5.41) is 2.97. The monoisotopic (exact) mass is 646 g/mol. The molecule has 1 aliphatic rings. The minimum absolute atomic E-state index is 0.108. The van der Waals surface area contributed by atoms with Crippen LogP contribution in [-0.2, 0) is 44.1 Å². The van der Waals surface area contributed by atoms with Crippen LogP contribution in [0.15, 0.2) is 21.2 Å². The molecule has 2 aromatic rings. The van der Waals surface area contributed by atoms with E-state index in [-0.39, 0.29) is 17.3 Å². The number of hydrogen-bond donors (Lipinski definition) is 1. The zero-order valence-corrected chi connectivity index (χ0v) is 23.6. The molecule has 1 aliphatic heterocycles. The average Bonchev–Trinajstić information content (AvgIpc) is 3.12. The number of imidazole rings is 1. The van der Waals surface area contributed by atoms with Crippen molar-refractivity contribution in [1.82, 2.24) is 24.0 Å². The van der Waals surface area contributed by atoms with Gasteiger partial charge in [0.1, 0.15) is 5.60 Å². The number of aryl methyl sites for hydroxylation is 1. The van der Waals surface area contributed by atoms with Gasteiger partial charge >= 0.3 is 175 Å². The summed E-state index contributed by atoms with van der Waals surface area (Å²) in [4.78, 5) is 46.1. The van der Waals surface area contributed by atoms with Crippen LogP contribution in [0.3, 0.4) is 0 Å². The second-order valence-electron chi connectivity index (χ2n) is 9.89. The number of alkyl carbamates (subject to hydrolysis) is 1. The van der Waals surface area contributed by atoms with Crippen LogP contribution in [0.1, 0.15) is 47.5 Å². The first-order valence-electron chi connectivity index (χ1n) is 11.6. The maximum atomic E-state index is 13.4. The number of carbonyl (C=O) groups excluding carboxylic acids is 1. The van der Waals surface area contributed by atoms with Crippen molar-refractivity contribution in [2.45, 2.75) is 77.1 Å². The maximum absolute atomic E-state index is 13.4. The van der Waals surface area contributed by atoms with Crippen LogP contribution in [0.5, 0.6) is 0 Å². The number of carbonyl (C=O) groups is 1. The van der Waals surface area contributed by atoms with E-state index in [1.165, 1.54) is 28.3 Å². The molecule has 3 heterocycles. The third-order valence-corrected chi connectivity index (χ3v) is 6.23. The number of aromatic nitrogens is 4. The molecule has 0 saturated carbocycles.